The van der Waals surface area contributed by atoms with Crippen LogP contribution in [0.25, 0.3) is 0 Å². The number of ether oxygens (including phenoxy) is 2. The van der Waals surface area contributed by atoms with Crippen LogP contribution in [0.5, 0.6) is 5.75 Å². The van der Waals surface area contributed by atoms with E-state index in [1.807, 2.05) is 24.4 Å². The van der Waals surface area contributed by atoms with Crippen LogP contribution in [-0.2, 0) is 22.4 Å². The Morgan fingerprint density at radius 1 is 1.35 bits per heavy atom. The zero-order valence-corrected chi connectivity index (χ0v) is 19.1. The Bertz CT molecular complexity index is 947. The van der Waals surface area contributed by atoms with Crippen LogP contribution in [0.2, 0.25) is 0 Å². The van der Waals surface area contributed by atoms with Crippen molar-refractivity contribution in [3.05, 3.63) is 41.5 Å². The van der Waals surface area contributed by atoms with Crippen molar-refractivity contribution < 1.29 is 19.1 Å². The number of carbonyl (C=O) groups is 2. The van der Waals surface area contributed by atoms with Crippen LogP contribution >= 0.6 is 0 Å². The van der Waals surface area contributed by atoms with E-state index in [0.29, 0.717) is 6.42 Å². The zero-order valence-electron chi connectivity index (χ0n) is 19.1. The van der Waals surface area contributed by atoms with E-state index in [2.05, 4.69) is 22.2 Å². The molecule has 2 atom stereocenters. The SMILES string of the molecule is CCCc1cnc(C2Cc3cc(OC)ccc3N2C(=O)C(C)NC(=O)OC(C)(C)C)[nH]1. The molecule has 0 saturated carbocycles. The number of methoxy groups -OCH3 is 1. The number of nitrogens with one attached hydrogen (secondary N) is 2. The zero-order chi connectivity index (χ0) is 22.8. The summed E-state index contributed by atoms with van der Waals surface area (Å²) in [7, 11) is 1.62. The number of nitrogens with zero attached hydrogens (tertiary/aromatic N) is 2. The first-order valence-electron chi connectivity index (χ1n) is 10.7. The number of amides is 2. The minimum Gasteiger partial charge on any atom is -0.497 e. The van der Waals surface area contributed by atoms with Crippen molar-refractivity contribution >= 4 is 17.7 Å². The molecule has 8 heteroatoms. The van der Waals surface area contributed by atoms with E-state index in [1.54, 1.807) is 39.7 Å². The highest BCUT2D eigenvalue weighted by Gasteiger charge is 2.39. The molecular weight excluding hydrogens is 396 g/mol. The van der Waals surface area contributed by atoms with E-state index < -0.39 is 17.7 Å². The molecule has 0 bridgehead atoms. The Morgan fingerprint density at radius 3 is 2.74 bits per heavy atom. The third kappa shape index (κ3) is 5.18. The molecule has 8 nitrogen and oxygen atoms in total. The lowest BCUT2D eigenvalue weighted by molar-refractivity contribution is -0.120. The number of benzene rings is 1. The fraction of sp³-hybridized carbons (Fsp3) is 0.522. The standard InChI is InChI=1S/C23H32N4O4/c1-7-8-16-13-24-20(26-16)19-12-15-11-17(30-6)9-10-18(15)27(19)21(28)14(2)25-22(29)31-23(3,4)5/h9-11,13-14,19H,7-8,12H2,1-6H3,(H,24,26)(H,25,29). The summed E-state index contributed by atoms with van der Waals surface area (Å²) in [4.78, 5) is 35.3. The normalized spacial score (nSPS) is 16.6. The number of anilines is 1. The molecule has 0 aliphatic carbocycles. The summed E-state index contributed by atoms with van der Waals surface area (Å²) < 4.78 is 10.7. The highest BCUT2D eigenvalue weighted by atomic mass is 16.6. The maximum absolute atomic E-state index is 13.5. The van der Waals surface area contributed by atoms with E-state index in [4.69, 9.17) is 9.47 Å². The van der Waals surface area contributed by atoms with Crippen LogP contribution in [-0.4, -0.2) is 40.7 Å². The Labute approximate surface area is 183 Å². The van der Waals surface area contributed by atoms with Gasteiger partial charge in [-0.15, -0.1) is 0 Å². The van der Waals surface area contributed by atoms with Gasteiger partial charge in [0.2, 0.25) is 5.91 Å². The van der Waals surface area contributed by atoms with Crippen LogP contribution in [0.15, 0.2) is 24.4 Å². The van der Waals surface area contributed by atoms with Gasteiger partial charge in [0.1, 0.15) is 23.2 Å². The number of aryl methyl sites for hydroxylation is 1. The monoisotopic (exact) mass is 428 g/mol. The number of H-pyrrole nitrogens is 1. The summed E-state index contributed by atoms with van der Waals surface area (Å²) in [5, 5.41) is 2.66. The number of carbonyl (C=O) groups excluding carboxylic acids is 2. The summed E-state index contributed by atoms with van der Waals surface area (Å²) in [6.07, 6.45) is 3.71. The first-order chi connectivity index (χ1) is 14.6. The lowest BCUT2D eigenvalue weighted by Gasteiger charge is -2.28. The third-order valence-corrected chi connectivity index (χ3v) is 5.10. The van der Waals surface area contributed by atoms with Gasteiger partial charge in [0.05, 0.1) is 13.2 Å². The molecule has 2 unspecified atom stereocenters. The molecule has 1 aromatic carbocycles. The first kappa shape index (κ1) is 22.7. The van der Waals surface area contributed by atoms with Gasteiger partial charge in [-0.3, -0.25) is 9.69 Å². The van der Waals surface area contributed by atoms with Crippen molar-refractivity contribution in [2.24, 2.45) is 0 Å². The van der Waals surface area contributed by atoms with Crippen molar-refractivity contribution in [1.82, 2.24) is 15.3 Å². The van der Waals surface area contributed by atoms with Gasteiger partial charge in [0, 0.05) is 24.0 Å². The first-order valence-corrected chi connectivity index (χ1v) is 10.7. The van der Waals surface area contributed by atoms with E-state index in [9.17, 15) is 9.59 Å². The lowest BCUT2D eigenvalue weighted by atomic mass is 10.1. The number of hydrogen-bond acceptors (Lipinski definition) is 5. The van der Waals surface area contributed by atoms with E-state index >= 15 is 0 Å². The molecule has 1 aromatic heterocycles. The number of imidazole rings is 1. The molecule has 0 spiro atoms. The van der Waals surface area contributed by atoms with Gasteiger partial charge in [0.15, 0.2) is 0 Å². The smallest absolute Gasteiger partial charge is 0.408 e. The second-order valence-electron chi connectivity index (χ2n) is 8.83. The van der Waals surface area contributed by atoms with Crippen LogP contribution in [0.4, 0.5) is 10.5 Å². The topological polar surface area (TPSA) is 96.6 Å². The van der Waals surface area contributed by atoms with Gasteiger partial charge < -0.3 is 19.8 Å². The number of aromatic amines is 1. The molecule has 2 amide bonds. The Morgan fingerprint density at radius 2 is 2.10 bits per heavy atom. The maximum Gasteiger partial charge on any atom is 0.408 e. The molecule has 2 heterocycles. The highest BCUT2D eigenvalue weighted by Crippen LogP contribution is 2.41. The van der Waals surface area contributed by atoms with Crippen LogP contribution in [0.1, 0.15) is 64.2 Å². The minimum absolute atomic E-state index is 0.229. The molecule has 0 saturated heterocycles. The molecule has 3 rings (SSSR count). The molecule has 168 valence electrons. The second-order valence-corrected chi connectivity index (χ2v) is 8.83. The number of fused-ring (bicyclic) bond motifs is 1. The van der Waals surface area contributed by atoms with Gasteiger partial charge in [-0.1, -0.05) is 13.3 Å². The van der Waals surface area contributed by atoms with E-state index in [-0.39, 0.29) is 11.9 Å². The molecule has 0 fully saturated rings. The summed E-state index contributed by atoms with van der Waals surface area (Å²) in [5.74, 6) is 1.24. The predicted octanol–water partition coefficient (Wildman–Crippen LogP) is 3.91. The summed E-state index contributed by atoms with van der Waals surface area (Å²) >= 11 is 0. The van der Waals surface area contributed by atoms with Crippen molar-refractivity contribution in [2.45, 2.75) is 71.6 Å². The summed E-state index contributed by atoms with van der Waals surface area (Å²) in [5.41, 5.74) is 2.19. The largest absolute Gasteiger partial charge is 0.497 e. The van der Waals surface area contributed by atoms with Gasteiger partial charge >= 0.3 is 6.09 Å². The highest BCUT2D eigenvalue weighted by molar-refractivity contribution is 6.00. The number of aromatic nitrogens is 2. The Kier molecular flexibility index (Phi) is 6.57. The van der Waals surface area contributed by atoms with Gasteiger partial charge in [-0.25, -0.2) is 9.78 Å². The number of alkyl carbamates (subject to hydrolysis) is 1. The second kappa shape index (κ2) is 8.99. The van der Waals surface area contributed by atoms with Gasteiger partial charge in [-0.2, -0.15) is 0 Å². The Balaban J connectivity index is 1.88. The lowest BCUT2D eigenvalue weighted by Crippen LogP contribution is -2.48. The quantitative estimate of drug-likeness (QED) is 0.727. The van der Waals surface area contributed by atoms with Crippen LogP contribution in [0.3, 0.4) is 0 Å². The molecular formula is C23H32N4O4. The van der Waals surface area contributed by atoms with E-state index in [0.717, 1.165) is 41.4 Å². The molecule has 31 heavy (non-hydrogen) atoms. The molecule has 1 aliphatic heterocycles. The Hall–Kier alpha value is -3.03. The number of hydrogen-bond donors (Lipinski definition) is 2. The maximum atomic E-state index is 13.5. The average molecular weight is 429 g/mol. The fourth-order valence-corrected chi connectivity index (χ4v) is 3.74. The van der Waals surface area contributed by atoms with Gasteiger partial charge in [0.25, 0.3) is 0 Å². The van der Waals surface area contributed by atoms with Crippen molar-refractivity contribution in [3.63, 3.8) is 0 Å². The number of rotatable bonds is 6. The summed E-state index contributed by atoms with van der Waals surface area (Å²) in [6.45, 7) is 9.12. The van der Waals surface area contributed by atoms with Crippen molar-refractivity contribution in [3.8, 4) is 5.75 Å². The van der Waals surface area contributed by atoms with Crippen LogP contribution < -0.4 is 15.0 Å². The molecule has 1 aliphatic rings. The molecule has 0 radical (unpaired) electrons. The fourth-order valence-electron chi connectivity index (χ4n) is 3.74. The minimum atomic E-state index is -0.768. The van der Waals surface area contributed by atoms with Gasteiger partial charge in [-0.05, 0) is 57.9 Å². The molecule has 2 N–H and O–H groups in total. The summed E-state index contributed by atoms with van der Waals surface area (Å²) in [6, 6.07) is 4.59. The van der Waals surface area contributed by atoms with E-state index in [1.165, 1.54) is 0 Å². The van der Waals surface area contributed by atoms with Crippen molar-refractivity contribution in [2.75, 3.05) is 12.0 Å². The van der Waals surface area contributed by atoms with Crippen molar-refractivity contribution in [1.29, 1.82) is 0 Å². The third-order valence-electron chi connectivity index (χ3n) is 5.10. The molecule has 2 aromatic rings. The van der Waals surface area contributed by atoms with Crippen LogP contribution in [0, 0.1) is 0 Å². The predicted molar refractivity (Wildman–Crippen MR) is 118 cm³/mol. The average Bonchev–Trinajstić information content (AvgIpc) is 3.29.